The van der Waals surface area contributed by atoms with Crippen LogP contribution in [-0.2, 0) is 4.79 Å². The summed E-state index contributed by atoms with van der Waals surface area (Å²) in [6.07, 6.45) is 2.16. The zero-order valence-electron chi connectivity index (χ0n) is 12.7. The molecule has 1 aromatic heterocycles. The molecule has 8 heteroatoms. The van der Waals surface area contributed by atoms with Gasteiger partial charge in [0.05, 0.1) is 17.4 Å². The SMILES string of the molecule is CC(Sc1nnnn1C1CC1)C(=O)NC(C)(C#N)C(C)C. The van der Waals surface area contributed by atoms with E-state index in [0.717, 1.165) is 12.8 Å². The Balaban J connectivity index is 1.99. The predicted molar refractivity (Wildman–Crippen MR) is 78.4 cm³/mol. The first-order valence-electron chi connectivity index (χ1n) is 7.05. The molecule has 7 nitrogen and oxygen atoms in total. The molecule has 0 spiro atoms. The largest absolute Gasteiger partial charge is 0.337 e. The van der Waals surface area contributed by atoms with Crippen molar-refractivity contribution in [2.75, 3.05) is 0 Å². The van der Waals surface area contributed by atoms with E-state index in [9.17, 15) is 10.1 Å². The lowest BCUT2D eigenvalue weighted by molar-refractivity contribution is -0.121. The minimum Gasteiger partial charge on any atom is -0.337 e. The predicted octanol–water partition coefficient (Wildman–Crippen LogP) is 1.54. The molecule has 1 aliphatic rings. The van der Waals surface area contributed by atoms with Crippen molar-refractivity contribution < 1.29 is 4.79 Å². The molecule has 1 aliphatic carbocycles. The summed E-state index contributed by atoms with van der Waals surface area (Å²) in [6, 6.07) is 2.55. The highest BCUT2D eigenvalue weighted by Crippen LogP contribution is 2.37. The van der Waals surface area contributed by atoms with E-state index in [4.69, 9.17) is 0 Å². The number of tetrazole rings is 1. The van der Waals surface area contributed by atoms with Gasteiger partial charge in [0.25, 0.3) is 0 Å². The topological polar surface area (TPSA) is 96.5 Å². The van der Waals surface area contributed by atoms with Crippen LogP contribution >= 0.6 is 11.8 Å². The minimum absolute atomic E-state index is 0.0282. The Morgan fingerprint density at radius 1 is 1.52 bits per heavy atom. The number of hydrogen-bond donors (Lipinski definition) is 1. The van der Waals surface area contributed by atoms with E-state index in [2.05, 4.69) is 26.9 Å². The maximum atomic E-state index is 12.3. The number of nitrogens with one attached hydrogen (secondary N) is 1. The molecule has 2 atom stereocenters. The molecule has 0 bridgehead atoms. The quantitative estimate of drug-likeness (QED) is 0.801. The fraction of sp³-hybridized carbons (Fsp3) is 0.769. The van der Waals surface area contributed by atoms with Gasteiger partial charge < -0.3 is 5.32 Å². The molecule has 0 aliphatic heterocycles. The summed E-state index contributed by atoms with van der Waals surface area (Å²) in [6.45, 7) is 7.36. The van der Waals surface area contributed by atoms with Gasteiger partial charge in [0.2, 0.25) is 11.1 Å². The van der Waals surface area contributed by atoms with E-state index in [1.807, 2.05) is 13.8 Å². The van der Waals surface area contributed by atoms with Crippen LogP contribution in [0, 0.1) is 17.2 Å². The molecule has 1 heterocycles. The van der Waals surface area contributed by atoms with Gasteiger partial charge in [-0.25, -0.2) is 4.68 Å². The lowest BCUT2D eigenvalue weighted by Crippen LogP contribution is -2.51. The summed E-state index contributed by atoms with van der Waals surface area (Å²) in [5.41, 5.74) is -0.867. The van der Waals surface area contributed by atoms with E-state index < -0.39 is 5.54 Å². The second-order valence-corrected chi connectivity index (χ2v) is 7.16. The monoisotopic (exact) mass is 308 g/mol. The van der Waals surface area contributed by atoms with Crippen LogP contribution in [0.4, 0.5) is 0 Å². The van der Waals surface area contributed by atoms with E-state index in [0.29, 0.717) is 11.2 Å². The van der Waals surface area contributed by atoms with Gasteiger partial charge >= 0.3 is 0 Å². The van der Waals surface area contributed by atoms with Crippen LogP contribution in [0.25, 0.3) is 0 Å². The van der Waals surface area contributed by atoms with Crippen LogP contribution in [-0.4, -0.2) is 36.9 Å². The van der Waals surface area contributed by atoms with Crippen LogP contribution in [0.5, 0.6) is 0 Å². The van der Waals surface area contributed by atoms with Gasteiger partial charge in [0.1, 0.15) is 5.54 Å². The summed E-state index contributed by atoms with van der Waals surface area (Å²) in [7, 11) is 0. The number of carbonyl (C=O) groups excluding carboxylic acids is 1. The number of rotatable bonds is 6. The van der Waals surface area contributed by atoms with Gasteiger partial charge in [-0.2, -0.15) is 5.26 Å². The molecule has 2 rings (SSSR count). The summed E-state index contributed by atoms with van der Waals surface area (Å²) < 4.78 is 1.78. The van der Waals surface area contributed by atoms with Crippen LogP contribution in [0.15, 0.2) is 5.16 Å². The lowest BCUT2D eigenvalue weighted by atomic mass is 9.90. The van der Waals surface area contributed by atoms with Crippen molar-refractivity contribution in [3.63, 3.8) is 0 Å². The standard InChI is InChI=1S/C13H20N6OS/c1-8(2)13(4,7-14)15-11(20)9(3)21-12-16-17-18-19(12)10-5-6-10/h8-10H,5-6H2,1-4H3,(H,15,20). The second-order valence-electron chi connectivity index (χ2n) is 5.86. The normalized spacial score (nSPS) is 18.9. The van der Waals surface area contributed by atoms with Crippen molar-refractivity contribution in [3.05, 3.63) is 0 Å². The second kappa shape index (κ2) is 6.02. The van der Waals surface area contributed by atoms with Crippen LogP contribution in [0.2, 0.25) is 0 Å². The highest BCUT2D eigenvalue weighted by atomic mass is 32.2. The maximum Gasteiger partial charge on any atom is 0.234 e. The summed E-state index contributed by atoms with van der Waals surface area (Å²) in [4.78, 5) is 12.3. The summed E-state index contributed by atoms with van der Waals surface area (Å²) >= 11 is 1.32. The summed E-state index contributed by atoms with van der Waals surface area (Å²) in [5.74, 6) is -0.150. The van der Waals surface area contributed by atoms with Gasteiger partial charge in [-0.1, -0.05) is 25.6 Å². The maximum absolute atomic E-state index is 12.3. The molecule has 1 fully saturated rings. The zero-order valence-corrected chi connectivity index (χ0v) is 13.5. The first-order chi connectivity index (χ1) is 9.87. The first kappa shape index (κ1) is 15.8. The third-order valence-corrected chi connectivity index (χ3v) is 4.82. The number of thioether (sulfide) groups is 1. The first-order valence-corrected chi connectivity index (χ1v) is 7.93. The fourth-order valence-corrected chi connectivity index (χ4v) is 2.54. The smallest absolute Gasteiger partial charge is 0.234 e. The number of hydrogen-bond acceptors (Lipinski definition) is 6. The van der Waals surface area contributed by atoms with Crippen molar-refractivity contribution >= 4 is 17.7 Å². The molecule has 0 aromatic carbocycles. The molecule has 0 saturated heterocycles. The average molecular weight is 308 g/mol. The molecule has 2 unspecified atom stereocenters. The van der Waals surface area contributed by atoms with Crippen molar-refractivity contribution in [3.8, 4) is 6.07 Å². The number of aromatic nitrogens is 4. The van der Waals surface area contributed by atoms with Crippen LogP contribution < -0.4 is 5.32 Å². The number of nitrogens with zero attached hydrogens (tertiary/aromatic N) is 5. The highest BCUT2D eigenvalue weighted by molar-refractivity contribution is 8.00. The zero-order chi connectivity index (χ0) is 15.6. The van der Waals surface area contributed by atoms with Gasteiger partial charge in [-0.05, 0) is 43.0 Å². The lowest BCUT2D eigenvalue weighted by Gasteiger charge is -2.28. The number of nitriles is 1. The van der Waals surface area contributed by atoms with Gasteiger partial charge in [0.15, 0.2) is 0 Å². The van der Waals surface area contributed by atoms with Crippen molar-refractivity contribution in [2.45, 2.75) is 62.5 Å². The van der Waals surface area contributed by atoms with Crippen molar-refractivity contribution in [2.24, 2.45) is 5.92 Å². The molecule has 114 valence electrons. The van der Waals surface area contributed by atoms with Gasteiger partial charge in [-0.15, -0.1) is 5.10 Å². The fourth-order valence-electron chi connectivity index (χ4n) is 1.68. The molecular formula is C13H20N6OS. The Labute approximate surface area is 128 Å². The van der Waals surface area contributed by atoms with Crippen LogP contribution in [0.3, 0.4) is 0 Å². The average Bonchev–Trinajstić information content (AvgIpc) is 3.18. The Morgan fingerprint density at radius 2 is 2.19 bits per heavy atom. The molecule has 1 amide bonds. The summed E-state index contributed by atoms with van der Waals surface area (Å²) in [5, 5.41) is 24.0. The minimum atomic E-state index is -0.867. The van der Waals surface area contributed by atoms with Gasteiger partial charge in [-0.3, -0.25) is 4.79 Å². The van der Waals surface area contributed by atoms with Crippen molar-refractivity contribution in [1.82, 2.24) is 25.5 Å². The van der Waals surface area contributed by atoms with Crippen LogP contribution in [0.1, 0.15) is 46.6 Å². The Bertz CT molecular complexity index is 561. The Kier molecular flexibility index (Phi) is 4.52. The molecule has 21 heavy (non-hydrogen) atoms. The molecule has 0 radical (unpaired) electrons. The third-order valence-electron chi connectivity index (χ3n) is 3.78. The number of carbonyl (C=O) groups is 1. The van der Waals surface area contributed by atoms with E-state index in [-0.39, 0.29) is 17.1 Å². The highest BCUT2D eigenvalue weighted by Gasteiger charge is 2.33. The molecule has 1 N–H and O–H groups in total. The van der Waals surface area contributed by atoms with E-state index in [1.165, 1.54) is 11.8 Å². The van der Waals surface area contributed by atoms with E-state index in [1.54, 1.807) is 18.5 Å². The third kappa shape index (κ3) is 3.53. The van der Waals surface area contributed by atoms with Crippen molar-refractivity contribution in [1.29, 1.82) is 5.26 Å². The van der Waals surface area contributed by atoms with Gasteiger partial charge in [0, 0.05) is 0 Å². The molecular weight excluding hydrogens is 288 g/mol. The Hall–Kier alpha value is -1.62. The number of amides is 1. The van der Waals surface area contributed by atoms with E-state index >= 15 is 0 Å². The molecule has 1 aromatic rings. The molecule has 1 saturated carbocycles. The Morgan fingerprint density at radius 3 is 2.71 bits per heavy atom.